The first-order valence-electron chi connectivity index (χ1n) is 6.64. The molecule has 6 heteroatoms. The van der Waals surface area contributed by atoms with Gasteiger partial charge in [0.1, 0.15) is 0 Å². The van der Waals surface area contributed by atoms with Gasteiger partial charge in [0.05, 0.1) is 23.4 Å². The van der Waals surface area contributed by atoms with E-state index >= 15 is 0 Å². The lowest BCUT2D eigenvalue weighted by atomic mass is 10.2. The number of ether oxygens (including phenoxy) is 2. The Balaban J connectivity index is 1.93. The van der Waals surface area contributed by atoms with Crippen molar-refractivity contribution in [3.05, 3.63) is 12.1 Å². The van der Waals surface area contributed by atoms with E-state index in [2.05, 4.69) is 10.3 Å². The van der Waals surface area contributed by atoms with E-state index in [9.17, 15) is 4.79 Å². The molecule has 1 aliphatic rings. The number of anilines is 1. The number of nitrogens with one attached hydrogen (secondary N) is 1. The number of nitrogens with zero attached hydrogens (tertiary/aromatic N) is 1. The van der Waals surface area contributed by atoms with Crippen LogP contribution in [0.2, 0.25) is 0 Å². The lowest BCUT2D eigenvalue weighted by molar-refractivity contribution is -0.118. The highest BCUT2D eigenvalue weighted by molar-refractivity contribution is 7.22. The van der Waals surface area contributed by atoms with Crippen molar-refractivity contribution in [2.75, 3.05) is 18.5 Å². The first-order chi connectivity index (χ1) is 9.63. The van der Waals surface area contributed by atoms with Gasteiger partial charge in [0.15, 0.2) is 16.6 Å². The third-order valence-corrected chi connectivity index (χ3v) is 3.95. The van der Waals surface area contributed by atoms with Crippen molar-refractivity contribution in [2.45, 2.75) is 20.3 Å². The summed E-state index contributed by atoms with van der Waals surface area (Å²) in [6.07, 6.45) is 0.880. The maximum absolute atomic E-state index is 11.7. The second-order valence-electron chi connectivity index (χ2n) is 4.98. The molecule has 5 nitrogen and oxygen atoms in total. The summed E-state index contributed by atoms with van der Waals surface area (Å²) < 4.78 is 12.3. The fourth-order valence-electron chi connectivity index (χ4n) is 1.89. The van der Waals surface area contributed by atoms with Crippen molar-refractivity contribution in [3.8, 4) is 11.5 Å². The molecular weight excluding hydrogens is 276 g/mol. The molecular formula is C14H16N2O3S. The van der Waals surface area contributed by atoms with E-state index in [1.807, 2.05) is 26.0 Å². The molecule has 2 heterocycles. The van der Waals surface area contributed by atoms with E-state index in [0.29, 0.717) is 18.3 Å². The average molecular weight is 292 g/mol. The molecule has 0 saturated carbocycles. The molecule has 1 aliphatic heterocycles. The SMILES string of the molecule is CC(C)C(=O)Nc1nc2cc3c(cc2s1)OCCCO3. The van der Waals surface area contributed by atoms with Crippen molar-refractivity contribution >= 4 is 32.6 Å². The number of benzene rings is 1. The summed E-state index contributed by atoms with van der Waals surface area (Å²) in [5, 5.41) is 3.43. The van der Waals surface area contributed by atoms with Gasteiger partial charge >= 0.3 is 0 Å². The van der Waals surface area contributed by atoms with Crippen LogP contribution in [0.4, 0.5) is 5.13 Å². The Hall–Kier alpha value is -1.82. The minimum absolute atomic E-state index is 0.0295. The van der Waals surface area contributed by atoms with Gasteiger partial charge in [-0.05, 0) is 0 Å². The highest BCUT2D eigenvalue weighted by Gasteiger charge is 2.15. The molecule has 0 spiro atoms. The molecule has 3 rings (SSSR count). The Morgan fingerprint density at radius 2 is 2.00 bits per heavy atom. The largest absolute Gasteiger partial charge is 0.490 e. The normalized spacial score (nSPS) is 14.3. The molecule has 0 fully saturated rings. The molecule has 1 amide bonds. The number of fused-ring (bicyclic) bond motifs is 2. The van der Waals surface area contributed by atoms with Crippen LogP contribution in [0.15, 0.2) is 12.1 Å². The molecule has 0 aliphatic carbocycles. The van der Waals surface area contributed by atoms with E-state index in [1.54, 1.807) is 0 Å². The quantitative estimate of drug-likeness (QED) is 0.924. The minimum atomic E-state index is -0.0644. The predicted octanol–water partition coefficient (Wildman–Crippen LogP) is 3.05. The Bertz CT molecular complexity index is 608. The van der Waals surface area contributed by atoms with Gasteiger partial charge in [0, 0.05) is 24.5 Å². The number of amides is 1. The number of hydrogen-bond acceptors (Lipinski definition) is 5. The zero-order valence-electron chi connectivity index (χ0n) is 11.4. The second-order valence-corrected chi connectivity index (χ2v) is 6.01. The van der Waals surface area contributed by atoms with E-state index in [0.717, 1.165) is 28.1 Å². The summed E-state index contributed by atoms with van der Waals surface area (Å²) in [6, 6.07) is 3.80. The summed E-state index contributed by atoms with van der Waals surface area (Å²) in [5.41, 5.74) is 0.818. The lowest BCUT2D eigenvalue weighted by Crippen LogP contribution is -2.17. The molecule has 0 unspecified atom stereocenters. The molecule has 1 N–H and O–H groups in total. The van der Waals surface area contributed by atoms with Crippen LogP contribution in [0.3, 0.4) is 0 Å². The summed E-state index contributed by atoms with van der Waals surface area (Å²) in [6.45, 7) is 5.02. The monoisotopic (exact) mass is 292 g/mol. The van der Waals surface area contributed by atoms with E-state index < -0.39 is 0 Å². The maximum Gasteiger partial charge on any atom is 0.228 e. The summed E-state index contributed by atoms with van der Waals surface area (Å²) in [7, 11) is 0. The molecule has 106 valence electrons. The number of thiazole rings is 1. The van der Waals surface area contributed by atoms with E-state index in [4.69, 9.17) is 9.47 Å². The number of rotatable bonds is 2. The Kier molecular flexibility index (Phi) is 3.48. The fraction of sp³-hybridized carbons (Fsp3) is 0.429. The highest BCUT2D eigenvalue weighted by Crippen LogP contribution is 2.37. The number of aromatic nitrogens is 1. The Morgan fingerprint density at radius 3 is 2.70 bits per heavy atom. The summed E-state index contributed by atoms with van der Waals surface area (Å²) >= 11 is 1.44. The third-order valence-electron chi connectivity index (χ3n) is 3.01. The molecule has 0 saturated heterocycles. The van der Waals surface area contributed by atoms with Crippen molar-refractivity contribution in [3.63, 3.8) is 0 Å². The summed E-state index contributed by atoms with van der Waals surface area (Å²) in [5.74, 6) is 1.38. The molecule has 0 atom stereocenters. The predicted molar refractivity (Wildman–Crippen MR) is 78.7 cm³/mol. The van der Waals surface area contributed by atoms with Crippen molar-refractivity contribution in [1.29, 1.82) is 0 Å². The van der Waals surface area contributed by atoms with Gasteiger partial charge in [-0.15, -0.1) is 0 Å². The van der Waals surface area contributed by atoms with E-state index in [-0.39, 0.29) is 11.8 Å². The molecule has 20 heavy (non-hydrogen) atoms. The van der Waals surface area contributed by atoms with Gasteiger partial charge in [0.2, 0.25) is 5.91 Å². The fourth-order valence-corrected chi connectivity index (χ4v) is 2.77. The number of carbonyl (C=O) groups excluding carboxylic acids is 1. The van der Waals surface area contributed by atoms with Crippen LogP contribution in [0.25, 0.3) is 10.2 Å². The van der Waals surface area contributed by atoms with Gasteiger partial charge < -0.3 is 14.8 Å². The first kappa shape index (κ1) is 13.2. The highest BCUT2D eigenvalue weighted by atomic mass is 32.1. The average Bonchev–Trinajstić information content (AvgIpc) is 2.64. The molecule has 2 aromatic rings. The standard InChI is InChI=1S/C14H16N2O3S/c1-8(2)13(17)16-14-15-9-6-10-11(7-12(9)20-14)19-5-3-4-18-10/h6-8H,3-5H2,1-2H3,(H,15,16,17). The van der Waals surface area contributed by atoms with Crippen molar-refractivity contribution < 1.29 is 14.3 Å². The van der Waals surface area contributed by atoms with Gasteiger partial charge in [-0.2, -0.15) is 0 Å². The minimum Gasteiger partial charge on any atom is -0.490 e. The van der Waals surface area contributed by atoms with Crippen LogP contribution < -0.4 is 14.8 Å². The molecule has 1 aromatic carbocycles. The Morgan fingerprint density at radius 1 is 1.30 bits per heavy atom. The molecule has 0 bridgehead atoms. The topological polar surface area (TPSA) is 60.5 Å². The van der Waals surface area contributed by atoms with Gasteiger partial charge in [-0.3, -0.25) is 4.79 Å². The van der Waals surface area contributed by atoms with Crippen LogP contribution in [-0.2, 0) is 4.79 Å². The number of hydrogen-bond donors (Lipinski definition) is 1. The van der Waals surface area contributed by atoms with Crippen LogP contribution in [0.1, 0.15) is 20.3 Å². The second kappa shape index (κ2) is 5.28. The van der Waals surface area contributed by atoms with E-state index in [1.165, 1.54) is 11.3 Å². The van der Waals surface area contributed by atoms with Gasteiger partial charge in [-0.1, -0.05) is 25.2 Å². The van der Waals surface area contributed by atoms with Gasteiger partial charge in [-0.25, -0.2) is 4.98 Å². The zero-order chi connectivity index (χ0) is 14.1. The van der Waals surface area contributed by atoms with Gasteiger partial charge in [0.25, 0.3) is 0 Å². The van der Waals surface area contributed by atoms with Crippen LogP contribution in [0, 0.1) is 5.92 Å². The molecule has 1 aromatic heterocycles. The summed E-state index contributed by atoms with van der Waals surface area (Å²) in [4.78, 5) is 16.1. The zero-order valence-corrected chi connectivity index (χ0v) is 12.3. The smallest absolute Gasteiger partial charge is 0.228 e. The first-order valence-corrected chi connectivity index (χ1v) is 7.46. The third kappa shape index (κ3) is 2.56. The van der Waals surface area contributed by atoms with Crippen molar-refractivity contribution in [1.82, 2.24) is 4.98 Å². The lowest BCUT2D eigenvalue weighted by Gasteiger charge is -2.05. The van der Waals surface area contributed by atoms with Crippen LogP contribution in [0.5, 0.6) is 11.5 Å². The Labute approximate surface area is 120 Å². The maximum atomic E-state index is 11.7. The van der Waals surface area contributed by atoms with Crippen LogP contribution >= 0.6 is 11.3 Å². The molecule has 0 radical (unpaired) electrons. The number of carbonyl (C=O) groups is 1. The van der Waals surface area contributed by atoms with Crippen LogP contribution in [-0.4, -0.2) is 24.1 Å². The van der Waals surface area contributed by atoms with Crippen molar-refractivity contribution in [2.24, 2.45) is 5.92 Å².